The maximum absolute atomic E-state index is 10.7. The predicted octanol–water partition coefficient (Wildman–Crippen LogP) is 3.22. The molecule has 0 radical (unpaired) electrons. The van der Waals surface area contributed by atoms with Crippen molar-refractivity contribution in [3.8, 4) is 0 Å². The smallest absolute Gasteiger partial charge is 0.269 e. The van der Waals surface area contributed by atoms with Crippen LogP contribution < -0.4 is 10.2 Å². The number of nitro benzene ring substituents is 1. The lowest BCUT2D eigenvalue weighted by Crippen LogP contribution is -2.32. The van der Waals surface area contributed by atoms with Gasteiger partial charge in [0.1, 0.15) is 0 Å². The zero-order valence-electron chi connectivity index (χ0n) is 12.2. The second-order valence-electron chi connectivity index (χ2n) is 5.73. The van der Waals surface area contributed by atoms with Gasteiger partial charge in [-0.15, -0.1) is 0 Å². The van der Waals surface area contributed by atoms with Gasteiger partial charge in [-0.05, 0) is 49.8 Å². The van der Waals surface area contributed by atoms with E-state index >= 15 is 0 Å². The molecule has 0 unspecified atom stereocenters. The summed E-state index contributed by atoms with van der Waals surface area (Å²) in [4.78, 5) is 12.7. The van der Waals surface area contributed by atoms with Crippen molar-refractivity contribution in [1.82, 2.24) is 5.32 Å². The Morgan fingerprint density at radius 3 is 2.33 bits per heavy atom. The Morgan fingerprint density at radius 2 is 1.76 bits per heavy atom. The summed E-state index contributed by atoms with van der Waals surface area (Å²) in [5.74, 6) is 0. The molecule has 0 spiro atoms. The number of rotatable bonds is 2. The lowest BCUT2D eigenvalue weighted by atomic mass is 9.96. The summed E-state index contributed by atoms with van der Waals surface area (Å²) in [6.07, 6.45) is 5.98. The first-order valence-corrected chi connectivity index (χ1v) is 7.68. The molecule has 1 N–H and O–H groups in total. The molecule has 0 atom stereocenters. The molecule has 1 aromatic rings. The van der Waals surface area contributed by atoms with Crippen LogP contribution in [0.3, 0.4) is 0 Å². The van der Waals surface area contributed by atoms with E-state index in [1.165, 1.54) is 25.0 Å². The van der Waals surface area contributed by atoms with Gasteiger partial charge in [-0.2, -0.15) is 0 Å². The maximum atomic E-state index is 10.7. The lowest BCUT2D eigenvalue weighted by molar-refractivity contribution is -0.384. The summed E-state index contributed by atoms with van der Waals surface area (Å²) in [5.41, 5.74) is 4.30. The van der Waals surface area contributed by atoms with E-state index in [9.17, 15) is 10.1 Å². The Hall–Kier alpha value is -2.04. The van der Waals surface area contributed by atoms with E-state index in [0.717, 1.165) is 38.2 Å². The van der Waals surface area contributed by atoms with Crippen molar-refractivity contribution >= 4 is 11.4 Å². The highest BCUT2D eigenvalue weighted by molar-refractivity contribution is 5.51. The molecule has 2 heterocycles. The van der Waals surface area contributed by atoms with Crippen molar-refractivity contribution in [2.45, 2.75) is 32.1 Å². The van der Waals surface area contributed by atoms with Crippen molar-refractivity contribution < 1.29 is 4.92 Å². The van der Waals surface area contributed by atoms with Crippen LogP contribution in [0, 0.1) is 10.1 Å². The van der Waals surface area contributed by atoms with Gasteiger partial charge in [-0.3, -0.25) is 10.1 Å². The number of hydrogen-bond acceptors (Lipinski definition) is 4. The molecule has 0 saturated carbocycles. The highest BCUT2D eigenvalue weighted by atomic mass is 16.6. The van der Waals surface area contributed by atoms with E-state index < -0.39 is 0 Å². The van der Waals surface area contributed by atoms with Crippen LogP contribution in [0.4, 0.5) is 11.4 Å². The van der Waals surface area contributed by atoms with Crippen molar-refractivity contribution in [3.63, 3.8) is 0 Å². The van der Waals surface area contributed by atoms with Gasteiger partial charge in [0.15, 0.2) is 0 Å². The van der Waals surface area contributed by atoms with Crippen LogP contribution >= 0.6 is 0 Å². The Bertz CT molecular complexity index is 533. The monoisotopic (exact) mass is 287 g/mol. The average molecular weight is 287 g/mol. The number of nitro groups is 1. The van der Waals surface area contributed by atoms with Crippen molar-refractivity contribution in [2.75, 3.05) is 24.5 Å². The Balaban J connectivity index is 1.64. The van der Waals surface area contributed by atoms with Gasteiger partial charge in [0.2, 0.25) is 0 Å². The predicted molar refractivity (Wildman–Crippen MR) is 83.4 cm³/mol. The van der Waals surface area contributed by atoms with Crippen molar-refractivity contribution in [1.29, 1.82) is 0 Å². The molecule has 2 saturated heterocycles. The summed E-state index contributed by atoms with van der Waals surface area (Å²) in [6, 6.07) is 6.89. The Morgan fingerprint density at radius 1 is 1.05 bits per heavy atom. The number of hydrogen-bond donors (Lipinski definition) is 1. The largest absolute Gasteiger partial charge is 0.388 e. The summed E-state index contributed by atoms with van der Waals surface area (Å²) in [7, 11) is 0. The maximum Gasteiger partial charge on any atom is 0.269 e. The summed E-state index contributed by atoms with van der Waals surface area (Å²) in [5, 5.41) is 14.2. The van der Waals surface area contributed by atoms with Crippen LogP contribution in [0.25, 0.3) is 0 Å². The number of piperidine rings is 2. The Labute approximate surface area is 124 Å². The number of nitrogens with one attached hydrogen (secondary N) is 1. The zero-order chi connectivity index (χ0) is 14.7. The zero-order valence-corrected chi connectivity index (χ0v) is 12.2. The van der Waals surface area contributed by atoms with Crippen molar-refractivity contribution in [3.05, 3.63) is 45.6 Å². The molecule has 0 bridgehead atoms. The molecule has 2 fully saturated rings. The summed E-state index contributed by atoms with van der Waals surface area (Å²) in [6.45, 7) is 3.11. The van der Waals surface area contributed by atoms with Gasteiger partial charge in [0.25, 0.3) is 5.69 Å². The quantitative estimate of drug-likeness (QED) is 0.670. The highest BCUT2D eigenvalue weighted by Crippen LogP contribution is 2.27. The molecule has 0 aliphatic carbocycles. The molecule has 2 aliphatic heterocycles. The molecule has 1 aromatic carbocycles. The van der Waals surface area contributed by atoms with Gasteiger partial charge in [0.05, 0.1) is 4.92 Å². The van der Waals surface area contributed by atoms with Crippen LogP contribution in [0.15, 0.2) is 35.5 Å². The molecule has 5 nitrogen and oxygen atoms in total. The fourth-order valence-electron chi connectivity index (χ4n) is 3.18. The van der Waals surface area contributed by atoms with Gasteiger partial charge >= 0.3 is 0 Å². The minimum absolute atomic E-state index is 0.157. The van der Waals surface area contributed by atoms with Gasteiger partial charge in [-0.25, -0.2) is 0 Å². The molecule has 3 rings (SSSR count). The van der Waals surface area contributed by atoms with Crippen LogP contribution in [0.5, 0.6) is 0 Å². The topological polar surface area (TPSA) is 58.4 Å². The summed E-state index contributed by atoms with van der Waals surface area (Å²) >= 11 is 0. The third kappa shape index (κ3) is 3.17. The van der Waals surface area contributed by atoms with E-state index in [0.29, 0.717) is 0 Å². The molecule has 21 heavy (non-hydrogen) atoms. The first kappa shape index (κ1) is 13.9. The second-order valence-corrected chi connectivity index (χ2v) is 5.73. The fraction of sp³-hybridized carbons (Fsp3) is 0.500. The van der Waals surface area contributed by atoms with Crippen LogP contribution in [0.1, 0.15) is 32.1 Å². The van der Waals surface area contributed by atoms with Crippen LogP contribution in [-0.4, -0.2) is 24.6 Å². The highest BCUT2D eigenvalue weighted by Gasteiger charge is 2.19. The number of non-ortho nitro benzene ring substituents is 1. The number of benzene rings is 1. The standard InChI is InChI=1S/C16H21N3O2/c20-19(21)15-6-4-14(5-7-15)18-11-8-13(9-12-18)16-3-1-2-10-17-16/h4-7,17H,1-3,8-12H2. The minimum atomic E-state index is -0.350. The van der Waals surface area contributed by atoms with E-state index in [4.69, 9.17) is 0 Å². The van der Waals surface area contributed by atoms with E-state index in [2.05, 4.69) is 10.2 Å². The van der Waals surface area contributed by atoms with E-state index in [-0.39, 0.29) is 10.6 Å². The molecule has 5 heteroatoms. The van der Waals surface area contributed by atoms with Crippen LogP contribution in [-0.2, 0) is 0 Å². The molecule has 2 aliphatic rings. The van der Waals surface area contributed by atoms with Crippen molar-refractivity contribution in [2.24, 2.45) is 0 Å². The normalized spacial score (nSPS) is 19.3. The average Bonchev–Trinajstić information content (AvgIpc) is 2.56. The second kappa shape index (κ2) is 6.16. The third-order valence-electron chi connectivity index (χ3n) is 4.41. The SMILES string of the molecule is O=[N+]([O-])c1ccc(N2CCC(=C3CCCCN3)CC2)cc1. The third-order valence-corrected chi connectivity index (χ3v) is 4.41. The van der Waals surface area contributed by atoms with E-state index in [1.54, 1.807) is 17.7 Å². The van der Waals surface area contributed by atoms with E-state index in [1.807, 2.05) is 12.1 Å². The fourth-order valence-corrected chi connectivity index (χ4v) is 3.18. The molecule has 0 amide bonds. The molecular formula is C16H21N3O2. The molecular weight excluding hydrogens is 266 g/mol. The first-order valence-electron chi connectivity index (χ1n) is 7.68. The first-order chi connectivity index (χ1) is 10.2. The molecule has 112 valence electrons. The number of anilines is 1. The lowest BCUT2D eigenvalue weighted by Gasteiger charge is -2.32. The minimum Gasteiger partial charge on any atom is -0.388 e. The number of nitrogens with zero attached hydrogens (tertiary/aromatic N) is 2. The Kier molecular flexibility index (Phi) is 4.08. The van der Waals surface area contributed by atoms with Gasteiger partial charge in [-0.1, -0.05) is 0 Å². The summed E-state index contributed by atoms with van der Waals surface area (Å²) < 4.78 is 0. The van der Waals surface area contributed by atoms with Crippen LogP contribution in [0.2, 0.25) is 0 Å². The van der Waals surface area contributed by atoms with Gasteiger partial charge in [0, 0.05) is 43.2 Å². The molecule has 0 aromatic heterocycles. The van der Waals surface area contributed by atoms with Gasteiger partial charge < -0.3 is 10.2 Å². The number of allylic oxidation sites excluding steroid dienone is 1.